The second-order valence-corrected chi connectivity index (χ2v) is 14.8. The maximum atomic E-state index is 14.1. The summed E-state index contributed by atoms with van der Waals surface area (Å²) in [7, 11) is 0. The van der Waals surface area contributed by atoms with Crippen molar-refractivity contribution in [3.05, 3.63) is 200 Å². The molecule has 8 heteroatoms. The van der Waals surface area contributed by atoms with Crippen LogP contribution in [0.2, 0.25) is 0 Å². The molecule has 0 fully saturated rings. The molecular weight excluding hydrogens is 752 g/mol. The smallest absolute Gasteiger partial charge is 0.309 e. The highest BCUT2D eigenvalue weighted by Gasteiger charge is 2.31. The van der Waals surface area contributed by atoms with Gasteiger partial charge in [0.15, 0.2) is 17.5 Å². The van der Waals surface area contributed by atoms with Gasteiger partial charge >= 0.3 is 6.18 Å². The van der Waals surface area contributed by atoms with Crippen LogP contribution in [-0.4, -0.2) is 24.1 Å². The highest BCUT2D eigenvalue weighted by molar-refractivity contribution is 6.11. The number of nitrogens with zero attached hydrogens (tertiary/aromatic N) is 5. The lowest BCUT2D eigenvalue weighted by Gasteiger charge is -2.17. The topological polar surface area (TPSA) is 48.5 Å². The number of fused-ring (bicyclic) bond motifs is 6. The maximum absolute atomic E-state index is 14.1. The number of alkyl halides is 3. The monoisotopic (exact) mass is 783 g/mol. The predicted octanol–water partition coefficient (Wildman–Crippen LogP) is 13.8. The summed E-state index contributed by atoms with van der Waals surface area (Å²) in [6.45, 7) is 0. The van der Waals surface area contributed by atoms with E-state index in [2.05, 4.69) is 71.3 Å². The molecule has 0 radical (unpaired) electrons. The molecule has 0 atom stereocenters. The van der Waals surface area contributed by atoms with Crippen LogP contribution in [0.1, 0.15) is 5.56 Å². The standard InChI is InChI=1S/C52H32F3N5/c53-52(54,55)37-26-29-46-42(32-37)40-21-11-13-23-45(40)60(46)47-28-25-35(36-24-27-41-39-20-10-12-22-44(39)59(48(41)31-36)38-18-8-3-9-19-38)30-43(47)51-57-49(33-14-4-1-5-15-33)56-50(58-51)34-16-6-2-7-17-34/h1-32H. The number of para-hydroxylation sites is 3. The molecule has 0 N–H and O–H groups in total. The van der Waals surface area contributed by atoms with Gasteiger partial charge in [-0.1, -0.05) is 133 Å². The Balaban J connectivity index is 1.20. The molecule has 0 saturated carbocycles. The minimum absolute atomic E-state index is 0.428. The second-order valence-electron chi connectivity index (χ2n) is 14.8. The first-order valence-corrected chi connectivity index (χ1v) is 19.6. The van der Waals surface area contributed by atoms with Gasteiger partial charge in [-0.3, -0.25) is 0 Å². The fraction of sp³-hybridized carbons (Fsp3) is 0.0192. The molecule has 0 amide bonds. The Morgan fingerprint density at radius 3 is 1.50 bits per heavy atom. The molecule has 0 aliphatic carbocycles. The fourth-order valence-electron chi connectivity index (χ4n) is 8.43. The molecule has 0 aliphatic heterocycles. The molecule has 3 heterocycles. The summed E-state index contributed by atoms with van der Waals surface area (Å²) in [5.74, 6) is 1.43. The summed E-state index contributed by atoms with van der Waals surface area (Å²) in [4.78, 5) is 15.3. The molecule has 0 saturated heterocycles. The van der Waals surface area contributed by atoms with Crippen LogP contribution in [-0.2, 0) is 6.18 Å². The van der Waals surface area contributed by atoms with E-state index in [9.17, 15) is 13.2 Å². The van der Waals surface area contributed by atoms with Crippen molar-refractivity contribution in [2.45, 2.75) is 6.18 Å². The largest absolute Gasteiger partial charge is 0.416 e. The van der Waals surface area contributed by atoms with E-state index in [0.29, 0.717) is 45.0 Å². The highest BCUT2D eigenvalue weighted by atomic mass is 19.4. The van der Waals surface area contributed by atoms with Gasteiger partial charge in [-0.2, -0.15) is 13.2 Å². The molecule has 0 bridgehead atoms. The molecule has 0 spiro atoms. The van der Waals surface area contributed by atoms with Gasteiger partial charge in [0.05, 0.1) is 33.3 Å². The molecule has 8 aromatic carbocycles. The van der Waals surface area contributed by atoms with Crippen LogP contribution in [0, 0.1) is 0 Å². The predicted molar refractivity (Wildman–Crippen MR) is 235 cm³/mol. The van der Waals surface area contributed by atoms with Crippen molar-refractivity contribution in [1.29, 1.82) is 0 Å². The Morgan fingerprint density at radius 1 is 0.350 bits per heavy atom. The van der Waals surface area contributed by atoms with E-state index in [1.54, 1.807) is 6.07 Å². The zero-order chi connectivity index (χ0) is 40.4. The van der Waals surface area contributed by atoms with Crippen LogP contribution in [0.4, 0.5) is 13.2 Å². The molecule has 5 nitrogen and oxygen atoms in total. The average molecular weight is 784 g/mol. The highest BCUT2D eigenvalue weighted by Crippen LogP contribution is 2.41. The van der Waals surface area contributed by atoms with Gasteiger partial charge in [0.1, 0.15) is 0 Å². The van der Waals surface area contributed by atoms with Gasteiger partial charge in [0.25, 0.3) is 0 Å². The Bertz CT molecular complexity index is 3350. The normalized spacial score (nSPS) is 11.9. The Hall–Kier alpha value is -7.84. The first-order chi connectivity index (χ1) is 29.4. The van der Waals surface area contributed by atoms with Crippen molar-refractivity contribution in [3.8, 4) is 56.7 Å². The van der Waals surface area contributed by atoms with Crippen LogP contribution in [0.3, 0.4) is 0 Å². The number of benzene rings is 8. The summed E-state index contributed by atoms with van der Waals surface area (Å²) in [5, 5.41) is 3.50. The van der Waals surface area contributed by atoms with E-state index >= 15 is 0 Å². The third-order valence-electron chi connectivity index (χ3n) is 11.2. The van der Waals surface area contributed by atoms with Crippen molar-refractivity contribution in [2.24, 2.45) is 0 Å². The van der Waals surface area contributed by atoms with E-state index in [4.69, 9.17) is 15.0 Å². The molecule has 11 rings (SSSR count). The van der Waals surface area contributed by atoms with Crippen molar-refractivity contribution in [2.75, 3.05) is 0 Å². The maximum Gasteiger partial charge on any atom is 0.416 e. The molecule has 286 valence electrons. The zero-order valence-electron chi connectivity index (χ0n) is 31.8. The van der Waals surface area contributed by atoms with Gasteiger partial charge in [-0.25, -0.2) is 15.0 Å². The average Bonchev–Trinajstić information content (AvgIpc) is 3.81. The van der Waals surface area contributed by atoms with E-state index in [1.807, 2.05) is 114 Å². The number of hydrogen-bond acceptors (Lipinski definition) is 3. The Morgan fingerprint density at radius 2 is 0.850 bits per heavy atom. The van der Waals surface area contributed by atoms with Crippen LogP contribution in [0.25, 0.3) is 100 Å². The lowest BCUT2D eigenvalue weighted by molar-refractivity contribution is -0.137. The summed E-state index contributed by atoms with van der Waals surface area (Å²) < 4.78 is 46.7. The van der Waals surface area contributed by atoms with E-state index in [-0.39, 0.29) is 0 Å². The molecule has 0 unspecified atom stereocenters. The minimum Gasteiger partial charge on any atom is -0.309 e. The SMILES string of the molecule is FC(F)(F)c1ccc2c(c1)c1ccccc1n2-c1ccc(-c2ccc3c4ccccc4n(-c4ccccc4)c3c2)cc1-c1nc(-c2ccccc2)nc(-c2ccccc2)n1. The summed E-state index contributed by atoms with van der Waals surface area (Å²) in [5.41, 5.74) is 8.88. The Kier molecular flexibility index (Phi) is 8.20. The third-order valence-corrected chi connectivity index (χ3v) is 11.2. The number of hydrogen-bond donors (Lipinski definition) is 0. The van der Waals surface area contributed by atoms with Gasteiger partial charge in [-0.15, -0.1) is 0 Å². The van der Waals surface area contributed by atoms with E-state index < -0.39 is 11.7 Å². The van der Waals surface area contributed by atoms with Crippen molar-refractivity contribution in [1.82, 2.24) is 24.1 Å². The van der Waals surface area contributed by atoms with Gasteiger partial charge in [0.2, 0.25) is 0 Å². The Labute approximate surface area is 342 Å². The van der Waals surface area contributed by atoms with Crippen molar-refractivity contribution in [3.63, 3.8) is 0 Å². The van der Waals surface area contributed by atoms with Crippen LogP contribution in [0.5, 0.6) is 0 Å². The van der Waals surface area contributed by atoms with Crippen LogP contribution >= 0.6 is 0 Å². The fourth-order valence-corrected chi connectivity index (χ4v) is 8.43. The van der Waals surface area contributed by atoms with Crippen LogP contribution in [0.15, 0.2) is 194 Å². The minimum atomic E-state index is -4.50. The van der Waals surface area contributed by atoms with Gasteiger partial charge < -0.3 is 9.13 Å². The van der Waals surface area contributed by atoms with Gasteiger partial charge in [0, 0.05) is 43.9 Å². The molecule has 0 aliphatic rings. The van der Waals surface area contributed by atoms with Crippen molar-refractivity contribution >= 4 is 43.6 Å². The lowest BCUT2D eigenvalue weighted by atomic mass is 9.99. The zero-order valence-corrected chi connectivity index (χ0v) is 31.8. The summed E-state index contributed by atoms with van der Waals surface area (Å²) in [6, 6.07) is 62.6. The summed E-state index contributed by atoms with van der Waals surface area (Å²) >= 11 is 0. The quantitative estimate of drug-likeness (QED) is 0.169. The number of aromatic nitrogens is 5. The van der Waals surface area contributed by atoms with Gasteiger partial charge in [-0.05, 0) is 71.8 Å². The van der Waals surface area contributed by atoms with E-state index in [1.165, 1.54) is 6.07 Å². The number of halogens is 3. The lowest BCUT2D eigenvalue weighted by Crippen LogP contribution is -2.05. The molecular formula is C52H32F3N5. The summed E-state index contributed by atoms with van der Waals surface area (Å²) in [6.07, 6.45) is -4.50. The first-order valence-electron chi connectivity index (χ1n) is 19.6. The first kappa shape index (κ1) is 35.3. The van der Waals surface area contributed by atoms with Crippen LogP contribution < -0.4 is 0 Å². The third kappa shape index (κ3) is 5.91. The van der Waals surface area contributed by atoms with Crippen molar-refractivity contribution < 1.29 is 13.2 Å². The molecule has 60 heavy (non-hydrogen) atoms. The van der Waals surface area contributed by atoms with E-state index in [0.717, 1.165) is 61.3 Å². The second kappa shape index (κ2) is 13.9. The number of rotatable bonds is 6. The molecule has 3 aromatic heterocycles. The molecule has 11 aromatic rings.